The van der Waals surface area contributed by atoms with Crippen molar-refractivity contribution in [2.45, 2.75) is 45.1 Å². The molecule has 0 spiro atoms. The minimum absolute atomic E-state index is 0.0836. The van der Waals surface area contributed by atoms with E-state index in [0.29, 0.717) is 0 Å². The van der Waals surface area contributed by atoms with Crippen molar-refractivity contribution in [3.05, 3.63) is 16.1 Å². The van der Waals surface area contributed by atoms with E-state index >= 15 is 0 Å². The Morgan fingerprint density at radius 1 is 1.71 bits per heavy atom. The Morgan fingerprint density at radius 3 is 3.07 bits per heavy atom. The molecule has 2 unspecified atom stereocenters. The molecule has 0 saturated heterocycles. The zero-order valence-electron chi connectivity index (χ0n) is 8.92. The molecule has 0 bridgehead atoms. The van der Waals surface area contributed by atoms with Gasteiger partial charge in [0.25, 0.3) is 0 Å². The number of rotatable bonds is 4. The average Bonchev–Trinajstić information content (AvgIpc) is 2.55. The van der Waals surface area contributed by atoms with E-state index in [0.717, 1.165) is 18.0 Å². The van der Waals surface area contributed by atoms with Crippen LogP contribution in [0.15, 0.2) is 5.38 Å². The van der Waals surface area contributed by atoms with Gasteiger partial charge in [0.15, 0.2) is 0 Å². The predicted octanol–water partition coefficient (Wildman–Crippen LogP) is 2.51. The number of hydrogen-bond acceptors (Lipinski definition) is 3. The summed E-state index contributed by atoms with van der Waals surface area (Å²) < 4.78 is 0. The van der Waals surface area contributed by atoms with Crippen LogP contribution in [-0.4, -0.2) is 10.5 Å². The molecule has 1 fully saturated rings. The van der Waals surface area contributed by atoms with E-state index in [1.807, 2.05) is 6.92 Å². The first-order chi connectivity index (χ1) is 6.64. The largest absolute Gasteiger partial charge is 0.324 e. The van der Waals surface area contributed by atoms with Crippen molar-refractivity contribution in [2.75, 3.05) is 0 Å². The van der Waals surface area contributed by atoms with Crippen molar-refractivity contribution < 1.29 is 0 Å². The standard InChI is InChI=1S/C11H18N2S/c1-3-4-9-5-11(9,12)6-10-13-8(2)7-14-10/h7,9H,3-6,12H2,1-2H3. The summed E-state index contributed by atoms with van der Waals surface area (Å²) in [5.41, 5.74) is 7.49. The lowest BCUT2D eigenvalue weighted by Gasteiger charge is -2.08. The third-order valence-corrected chi connectivity index (χ3v) is 4.03. The smallest absolute Gasteiger partial charge is 0.0946 e. The molecule has 2 atom stereocenters. The Kier molecular flexibility index (Phi) is 2.62. The molecule has 1 saturated carbocycles. The van der Waals surface area contributed by atoms with Crippen molar-refractivity contribution >= 4 is 11.3 Å². The highest BCUT2D eigenvalue weighted by Gasteiger charge is 2.50. The van der Waals surface area contributed by atoms with Gasteiger partial charge in [-0.3, -0.25) is 0 Å². The molecule has 1 aromatic rings. The first kappa shape index (κ1) is 10.1. The average molecular weight is 210 g/mol. The van der Waals surface area contributed by atoms with Crippen molar-refractivity contribution in [2.24, 2.45) is 11.7 Å². The summed E-state index contributed by atoms with van der Waals surface area (Å²) in [6.45, 7) is 4.27. The molecule has 14 heavy (non-hydrogen) atoms. The van der Waals surface area contributed by atoms with Gasteiger partial charge in [-0.1, -0.05) is 13.3 Å². The van der Waals surface area contributed by atoms with Crippen LogP contribution in [-0.2, 0) is 6.42 Å². The molecular formula is C11H18N2S. The predicted molar refractivity (Wildman–Crippen MR) is 60.5 cm³/mol. The van der Waals surface area contributed by atoms with Gasteiger partial charge in [0, 0.05) is 23.0 Å². The molecule has 0 radical (unpaired) electrons. The number of nitrogens with zero attached hydrogens (tertiary/aromatic N) is 1. The number of aryl methyl sites for hydroxylation is 1. The summed E-state index contributed by atoms with van der Waals surface area (Å²) in [4.78, 5) is 4.47. The van der Waals surface area contributed by atoms with Crippen LogP contribution in [0.25, 0.3) is 0 Å². The number of thiazole rings is 1. The van der Waals surface area contributed by atoms with E-state index < -0.39 is 0 Å². The lowest BCUT2D eigenvalue weighted by atomic mass is 10.1. The SMILES string of the molecule is CCCC1CC1(N)Cc1nc(C)cs1. The fourth-order valence-electron chi connectivity index (χ4n) is 2.12. The first-order valence-electron chi connectivity index (χ1n) is 5.34. The lowest BCUT2D eigenvalue weighted by molar-refractivity contribution is 0.555. The highest BCUT2D eigenvalue weighted by Crippen LogP contribution is 2.46. The quantitative estimate of drug-likeness (QED) is 0.829. The van der Waals surface area contributed by atoms with Crippen LogP contribution in [0.2, 0.25) is 0 Å². The summed E-state index contributed by atoms with van der Waals surface area (Å²) in [7, 11) is 0. The van der Waals surface area contributed by atoms with Crippen LogP contribution in [0.5, 0.6) is 0 Å². The van der Waals surface area contributed by atoms with Gasteiger partial charge in [0.1, 0.15) is 0 Å². The Balaban J connectivity index is 1.93. The van der Waals surface area contributed by atoms with E-state index in [-0.39, 0.29) is 5.54 Å². The molecule has 2 rings (SSSR count). The fraction of sp³-hybridized carbons (Fsp3) is 0.727. The molecule has 0 amide bonds. The third kappa shape index (κ3) is 1.98. The Bertz CT molecular complexity index is 321. The van der Waals surface area contributed by atoms with Gasteiger partial charge in [0.05, 0.1) is 5.01 Å². The Hall–Kier alpha value is -0.410. The van der Waals surface area contributed by atoms with E-state index in [1.165, 1.54) is 24.3 Å². The first-order valence-corrected chi connectivity index (χ1v) is 6.22. The second kappa shape index (κ2) is 3.63. The van der Waals surface area contributed by atoms with Gasteiger partial charge in [-0.15, -0.1) is 11.3 Å². The zero-order chi connectivity index (χ0) is 10.2. The normalized spacial score (nSPS) is 30.6. The fourth-order valence-corrected chi connectivity index (χ4v) is 3.03. The molecule has 1 aromatic heterocycles. The van der Waals surface area contributed by atoms with Crippen LogP contribution in [0.3, 0.4) is 0 Å². The minimum Gasteiger partial charge on any atom is -0.324 e. The van der Waals surface area contributed by atoms with Crippen LogP contribution in [0.1, 0.15) is 36.9 Å². The van der Waals surface area contributed by atoms with E-state index in [2.05, 4.69) is 17.3 Å². The maximum absolute atomic E-state index is 6.28. The van der Waals surface area contributed by atoms with Crippen molar-refractivity contribution in [1.29, 1.82) is 0 Å². The van der Waals surface area contributed by atoms with Crippen molar-refractivity contribution in [3.8, 4) is 0 Å². The van der Waals surface area contributed by atoms with Gasteiger partial charge < -0.3 is 5.73 Å². The summed E-state index contributed by atoms with van der Waals surface area (Å²) in [5.74, 6) is 0.747. The molecule has 1 aliphatic carbocycles. The summed E-state index contributed by atoms with van der Waals surface area (Å²) in [6.07, 6.45) is 4.71. The molecule has 78 valence electrons. The number of nitrogens with two attached hydrogens (primary N) is 1. The molecule has 3 heteroatoms. The molecule has 1 heterocycles. The second-order valence-electron chi connectivity index (χ2n) is 4.48. The molecule has 0 aromatic carbocycles. The molecule has 2 nitrogen and oxygen atoms in total. The van der Waals surface area contributed by atoms with E-state index in [1.54, 1.807) is 11.3 Å². The van der Waals surface area contributed by atoms with Gasteiger partial charge in [-0.05, 0) is 25.7 Å². The van der Waals surface area contributed by atoms with Gasteiger partial charge in [0.2, 0.25) is 0 Å². The van der Waals surface area contributed by atoms with Crippen LogP contribution in [0, 0.1) is 12.8 Å². The molecule has 0 aliphatic heterocycles. The molecule has 2 N–H and O–H groups in total. The summed E-state index contributed by atoms with van der Waals surface area (Å²) in [6, 6.07) is 0. The zero-order valence-corrected chi connectivity index (χ0v) is 9.73. The summed E-state index contributed by atoms with van der Waals surface area (Å²) >= 11 is 1.75. The second-order valence-corrected chi connectivity index (χ2v) is 5.42. The monoisotopic (exact) mass is 210 g/mol. The molecular weight excluding hydrogens is 192 g/mol. The van der Waals surface area contributed by atoms with E-state index in [4.69, 9.17) is 5.73 Å². The highest BCUT2D eigenvalue weighted by atomic mass is 32.1. The number of hydrogen-bond donors (Lipinski definition) is 1. The maximum atomic E-state index is 6.28. The highest BCUT2D eigenvalue weighted by molar-refractivity contribution is 7.09. The van der Waals surface area contributed by atoms with Gasteiger partial charge in [-0.2, -0.15) is 0 Å². The van der Waals surface area contributed by atoms with Crippen LogP contribution >= 0.6 is 11.3 Å². The van der Waals surface area contributed by atoms with Crippen molar-refractivity contribution in [3.63, 3.8) is 0 Å². The summed E-state index contributed by atoms with van der Waals surface area (Å²) in [5, 5.41) is 3.32. The minimum atomic E-state index is 0.0836. The topological polar surface area (TPSA) is 38.9 Å². The van der Waals surface area contributed by atoms with Crippen molar-refractivity contribution in [1.82, 2.24) is 4.98 Å². The third-order valence-electron chi connectivity index (χ3n) is 3.06. The molecule has 1 aliphatic rings. The van der Waals surface area contributed by atoms with Crippen LogP contribution in [0.4, 0.5) is 0 Å². The number of aromatic nitrogens is 1. The Labute approximate surface area is 89.5 Å². The van der Waals surface area contributed by atoms with E-state index in [9.17, 15) is 0 Å². The maximum Gasteiger partial charge on any atom is 0.0946 e. The van der Waals surface area contributed by atoms with Crippen LogP contribution < -0.4 is 5.73 Å². The van der Waals surface area contributed by atoms with Gasteiger partial charge in [-0.25, -0.2) is 4.98 Å². The van der Waals surface area contributed by atoms with Gasteiger partial charge >= 0.3 is 0 Å². The lowest BCUT2D eigenvalue weighted by Crippen LogP contribution is -2.27. The Morgan fingerprint density at radius 2 is 2.50 bits per heavy atom.